The number of hydrogen-bond acceptors (Lipinski definition) is 1. The molecule has 2 aromatic rings. The summed E-state index contributed by atoms with van der Waals surface area (Å²) < 4.78 is 26.6. The molecule has 0 aliphatic heterocycles. The molecule has 2 nitrogen and oxygen atoms in total. The Labute approximate surface area is 135 Å². The van der Waals surface area contributed by atoms with E-state index in [9.17, 15) is 13.6 Å². The Morgan fingerprint density at radius 3 is 2.35 bits per heavy atom. The fourth-order valence-electron chi connectivity index (χ4n) is 2.44. The maximum Gasteiger partial charge on any atom is 0.220 e. The molecule has 0 fully saturated rings. The molecule has 1 unspecified atom stereocenters. The first kappa shape index (κ1) is 17.1. The first-order chi connectivity index (χ1) is 11.0. The number of hydrogen-bond donors (Lipinski definition) is 1. The van der Waals surface area contributed by atoms with Crippen LogP contribution >= 0.6 is 0 Å². The smallest absolute Gasteiger partial charge is 0.220 e. The fraction of sp³-hybridized carbons (Fsp3) is 0.316. The third-order valence-electron chi connectivity index (χ3n) is 3.88. The van der Waals surface area contributed by atoms with Crippen LogP contribution in [0.4, 0.5) is 8.78 Å². The van der Waals surface area contributed by atoms with Gasteiger partial charge in [0, 0.05) is 18.1 Å². The van der Waals surface area contributed by atoms with Crippen LogP contribution in [0, 0.1) is 11.6 Å². The normalized spacial score (nSPS) is 12.0. The topological polar surface area (TPSA) is 29.1 Å². The lowest BCUT2D eigenvalue weighted by Crippen LogP contribution is -2.27. The summed E-state index contributed by atoms with van der Waals surface area (Å²) in [5.41, 5.74) is 2.64. The molecular formula is C19H21F2NO. The van der Waals surface area contributed by atoms with Gasteiger partial charge in [-0.3, -0.25) is 4.79 Å². The SMILES string of the molecule is CCc1ccc(CCC(=O)NC(C)c2ccc(F)cc2F)cc1. The highest BCUT2D eigenvalue weighted by atomic mass is 19.1. The quantitative estimate of drug-likeness (QED) is 0.844. The van der Waals surface area contributed by atoms with Crippen molar-refractivity contribution >= 4 is 5.91 Å². The lowest BCUT2D eigenvalue weighted by molar-refractivity contribution is -0.121. The Balaban J connectivity index is 1.88. The fourth-order valence-corrected chi connectivity index (χ4v) is 2.44. The molecule has 1 amide bonds. The molecule has 4 heteroatoms. The van der Waals surface area contributed by atoms with E-state index in [1.807, 2.05) is 12.1 Å². The van der Waals surface area contributed by atoms with Crippen LogP contribution in [-0.4, -0.2) is 5.91 Å². The number of halogens is 2. The van der Waals surface area contributed by atoms with Crippen LogP contribution in [0.25, 0.3) is 0 Å². The minimum atomic E-state index is -0.645. The molecule has 0 radical (unpaired) electrons. The summed E-state index contributed by atoms with van der Waals surface area (Å²) in [6.45, 7) is 3.78. The minimum absolute atomic E-state index is 0.152. The maximum atomic E-state index is 13.7. The zero-order valence-corrected chi connectivity index (χ0v) is 13.4. The number of carbonyl (C=O) groups excluding carboxylic acids is 1. The lowest BCUT2D eigenvalue weighted by Gasteiger charge is -2.15. The molecule has 122 valence electrons. The molecule has 0 aliphatic carbocycles. The highest BCUT2D eigenvalue weighted by Gasteiger charge is 2.14. The predicted octanol–water partition coefficient (Wildman–Crippen LogP) is 4.34. The summed E-state index contributed by atoms with van der Waals surface area (Å²) in [4.78, 5) is 12.0. The van der Waals surface area contributed by atoms with Gasteiger partial charge in [-0.2, -0.15) is 0 Å². The van der Waals surface area contributed by atoms with Crippen LogP contribution in [-0.2, 0) is 17.6 Å². The van der Waals surface area contributed by atoms with Gasteiger partial charge in [-0.25, -0.2) is 8.78 Å². The van der Waals surface area contributed by atoms with Crippen molar-refractivity contribution in [3.05, 3.63) is 70.8 Å². The molecule has 0 saturated carbocycles. The largest absolute Gasteiger partial charge is 0.349 e. The van der Waals surface area contributed by atoms with Gasteiger partial charge >= 0.3 is 0 Å². The zero-order chi connectivity index (χ0) is 16.8. The Morgan fingerprint density at radius 1 is 1.09 bits per heavy atom. The monoisotopic (exact) mass is 317 g/mol. The predicted molar refractivity (Wildman–Crippen MR) is 87.1 cm³/mol. The third kappa shape index (κ3) is 4.88. The van der Waals surface area contributed by atoms with Crippen LogP contribution < -0.4 is 5.32 Å². The molecule has 2 aromatic carbocycles. The van der Waals surface area contributed by atoms with Gasteiger partial charge in [-0.15, -0.1) is 0 Å². The molecule has 0 aliphatic rings. The van der Waals surface area contributed by atoms with E-state index in [4.69, 9.17) is 0 Å². The van der Waals surface area contributed by atoms with Gasteiger partial charge in [0.25, 0.3) is 0 Å². The van der Waals surface area contributed by atoms with Crippen molar-refractivity contribution < 1.29 is 13.6 Å². The van der Waals surface area contributed by atoms with Gasteiger partial charge in [0.1, 0.15) is 11.6 Å². The molecule has 2 rings (SSSR count). The Kier molecular flexibility index (Phi) is 5.85. The molecule has 1 atom stereocenters. The first-order valence-electron chi connectivity index (χ1n) is 7.81. The van der Waals surface area contributed by atoms with E-state index < -0.39 is 17.7 Å². The lowest BCUT2D eigenvalue weighted by atomic mass is 10.0. The Morgan fingerprint density at radius 2 is 1.74 bits per heavy atom. The minimum Gasteiger partial charge on any atom is -0.349 e. The molecule has 23 heavy (non-hydrogen) atoms. The number of amides is 1. The Hall–Kier alpha value is -2.23. The van der Waals surface area contributed by atoms with E-state index in [2.05, 4.69) is 24.4 Å². The van der Waals surface area contributed by atoms with Crippen molar-refractivity contribution in [2.75, 3.05) is 0 Å². The van der Waals surface area contributed by atoms with Crippen molar-refractivity contribution in [3.8, 4) is 0 Å². The summed E-state index contributed by atoms with van der Waals surface area (Å²) in [5.74, 6) is -1.42. The molecule has 0 bridgehead atoms. The van der Waals surface area contributed by atoms with Gasteiger partial charge in [-0.05, 0) is 37.0 Å². The highest BCUT2D eigenvalue weighted by Crippen LogP contribution is 2.18. The number of nitrogens with one attached hydrogen (secondary N) is 1. The van der Waals surface area contributed by atoms with Gasteiger partial charge < -0.3 is 5.32 Å². The van der Waals surface area contributed by atoms with Gasteiger partial charge in [0.2, 0.25) is 5.91 Å². The number of rotatable bonds is 6. The molecule has 1 N–H and O–H groups in total. The molecular weight excluding hydrogens is 296 g/mol. The van der Waals surface area contributed by atoms with Crippen LogP contribution in [0.5, 0.6) is 0 Å². The van der Waals surface area contributed by atoms with E-state index in [1.54, 1.807) is 6.92 Å². The number of aryl methyl sites for hydroxylation is 2. The highest BCUT2D eigenvalue weighted by molar-refractivity contribution is 5.76. The number of benzene rings is 2. The molecule has 0 saturated heterocycles. The van der Waals surface area contributed by atoms with Crippen molar-refractivity contribution in [2.45, 2.75) is 39.2 Å². The van der Waals surface area contributed by atoms with Crippen LogP contribution in [0.15, 0.2) is 42.5 Å². The van der Waals surface area contributed by atoms with Crippen LogP contribution in [0.3, 0.4) is 0 Å². The van der Waals surface area contributed by atoms with Crippen molar-refractivity contribution in [1.82, 2.24) is 5.32 Å². The third-order valence-corrected chi connectivity index (χ3v) is 3.88. The summed E-state index contributed by atoms with van der Waals surface area (Å²) in [6.07, 6.45) is 1.95. The summed E-state index contributed by atoms with van der Waals surface area (Å²) in [5, 5.41) is 2.75. The van der Waals surface area contributed by atoms with E-state index in [0.717, 1.165) is 18.1 Å². The van der Waals surface area contributed by atoms with Crippen LogP contribution in [0.2, 0.25) is 0 Å². The average molecular weight is 317 g/mol. The van der Waals surface area contributed by atoms with Crippen molar-refractivity contribution in [2.24, 2.45) is 0 Å². The Bertz CT molecular complexity index is 668. The first-order valence-corrected chi connectivity index (χ1v) is 7.81. The van der Waals surface area contributed by atoms with E-state index in [0.29, 0.717) is 12.8 Å². The molecule has 0 spiro atoms. The second kappa shape index (κ2) is 7.86. The van der Waals surface area contributed by atoms with Crippen molar-refractivity contribution in [1.29, 1.82) is 0 Å². The summed E-state index contributed by atoms with van der Waals surface area (Å²) in [7, 11) is 0. The summed E-state index contributed by atoms with van der Waals surface area (Å²) in [6, 6.07) is 11.0. The maximum absolute atomic E-state index is 13.7. The second-order valence-corrected chi connectivity index (χ2v) is 5.63. The van der Waals surface area contributed by atoms with Gasteiger partial charge in [0.15, 0.2) is 0 Å². The molecule has 0 heterocycles. The van der Waals surface area contributed by atoms with Crippen LogP contribution in [0.1, 0.15) is 43.0 Å². The average Bonchev–Trinajstić information content (AvgIpc) is 2.53. The van der Waals surface area contributed by atoms with E-state index in [-0.39, 0.29) is 11.5 Å². The zero-order valence-electron chi connectivity index (χ0n) is 13.4. The van der Waals surface area contributed by atoms with E-state index >= 15 is 0 Å². The second-order valence-electron chi connectivity index (χ2n) is 5.63. The molecule has 0 aromatic heterocycles. The van der Waals surface area contributed by atoms with E-state index in [1.165, 1.54) is 17.7 Å². The summed E-state index contributed by atoms with van der Waals surface area (Å²) >= 11 is 0. The van der Waals surface area contributed by atoms with Gasteiger partial charge in [0.05, 0.1) is 6.04 Å². The standard InChI is InChI=1S/C19H21F2NO/c1-3-14-4-6-15(7-5-14)8-11-19(23)22-13(2)17-10-9-16(20)12-18(17)21/h4-7,9-10,12-13H,3,8,11H2,1-2H3,(H,22,23). The van der Waals surface area contributed by atoms with Crippen molar-refractivity contribution in [3.63, 3.8) is 0 Å². The number of carbonyl (C=O) groups is 1. The van der Waals surface area contributed by atoms with Gasteiger partial charge in [-0.1, -0.05) is 37.3 Å².